The molecule has 0 aromatic heterocycles. The Balaban J connectivity index is 1.62. The van der Waals surface area contributed by atoms with Crippen molar-refractivity contribution in [2.24, 2.45) is 17.0 Å². The predicted molar refractivity (Wildman–Crippen MR) is 157 cm³/mol. The Hall–Kier alpha value is -4.82. The lowest BCUT2D eigenvalue weighted by Crippen LogP contribution is -2.52. The number of carbonyl (C=O) groups is 3. The molecule has 3 aromatic rings. The molecule has 1 fully saturated rings. The minimum atomic E-state index is -1.23. The number of ether oxygens (including phenoxy) is 2. The van der Waals surface area contributed by atoms with E-state index in [1.807, 2.05) is 105 Å². The summed E-state index contributed by atoms with van der Waals surface area (Å²) in [6.07, 6.45) is -0.772. The van der Waals surface area contributed by atoms with Crippen molar-refractivity contribution < 1.29 is 23.9 Å². The van der Waals surface area contributed by atoms with Crippen molar-refractivity contribution in [1.29, 1.82) is 0 Å². The highest BCUT2D eigenvalue weighted by Crippen LogP contribution is 2.47. The number of amides is 3. The largest absolute Gasteiger partial charge is 0.445 e. The number of rotatable bonds is 12. The van der Waals surface area contributed by atoms with Gasteiger partial charge in [0.2, 0.25) is 5.91 Å². The van der Waals surface area contributed by atoms with E-state index in [2.05, 4.69) is 15.3 Å². The first-order valence-corrected chi connectivity index (χ1v) is 14.0. The zero-order chi connectivity index (χ0) is 30.0. The average Bonchev–Trinajstić information content (AvgIpc) is 3.34. The number of imide groups is 1. The van der Waals surface area contributed by atoms with Crippen LogP contribution in [0.3, 0.4) is 0 Å². The molecule has 0 aliphatic carbocycles. The van der Waals surface area contributed by atoms with Gasteiger partial charge in [-0.15, -0.1) is 0 Å². The third-order valence-electron chi connectivity index (χ3n) is 7.34. The Labute approximate surface area is 245 Å². The van der Waals surface area contributed by atoms with Crippen molar-refractivity contribution in [3.63, 3.8) is 0 Å². The fourth-order valence-electron chi connectivity index (χ4n) is 5.48. The molecule has 1 N–H and O–H groups in total. The first-order chi connectivity index (χ1) is 20.4. The third kappa shape index (κ3) is 6.72. The fraction of sp³-hybridized carbons (Fsp3) is 0.344. The summed E-state index contributed by atoms with van der Waals surface area (Å²) in [5.74, 6) is -1.45. The van der Waals surface area contributed by atoms with Gasteiger partial charge >= 0.3 is 12.2 Å². The van der Waals surface area contributed by atoms with Gasteiger partial charge in [0.1, 0.15) is 6.61 Å². The van der Waals surface area contributed by atoms with Crippen LogP contribution in [0.1, 0.15) is 43.4 Å². The van der Waals surface area contributed by atoms with E-state index < -0.39 is 35.7 Å². The van der Waals surface area contributed by atoms with Gasteiger partial charge < -0.3 is 14.8 Å². The smallest absolute Gasteiger partial charge is 0.418 e. The summed E-state index contributed by atoms with van der Waals surface area (Å²) in [5, 5.41) is 6.25. The zero-order valence-corrected chi connectivity index (χ0v) is 23.8. The van der Waals surface area contributed by atoms with Crippen LogP contribution in [0.5, 0.6) is 0 Å². The van der Waals surface area contributed by atoms with Crippen molar-refractivity contribution in [3.8, 4) is 0 Å². The molecule has 0 spiro atoms. The van der Waals surface area contributed by atoms with E-state index in [9.17, 15) is 14.4 Å². The van der Waals surface area contributed by atoms with E-state index in [0.29, 0.717) is 6.42 Å². The molecule has 1 heterocycles. The molecular formula is C32H35N5O5. The van der Waals surface area contributed by atoms with Crippen LogP contribution in [-0.4, -0.2) is 42.1 Å². The Morgan fingerprint density at radius 2 is 1.57 bits per heavy atom. The number of benzene rings is 3. The van der Waals surface area contributed by atoms with Gasteiger partial charge in [-0.05, 0) is 29.9 Å². The first kappa shape index (κ1) is 30.1. The number of hydrogen-bond acceptors (Lipinski definition) is 6. The average molecular weight is 570 g/mol. The number of cyclic esters (lactones) is 1. The number of alkyl carbamates (subject to hydrolysis) is 1. The topological polar surface area (TPSA) is 134 Å². The summed E-state index contributed by atoms with van der Waals surface area (Å²) in [5.41, 5.74) is 9.79. The first-order valence-electron chi connectivity index (χ1n) is 14.0. The number of carbonyl (C=O) groups excluding carboxylic acids is 3. The molecular weight excluding hydrogens is 534 g/mol. The van der Waals surface area contributed by atoms with E-state index in [1.165, 1.54) is 4.90 Å². The molecule has 10 nitrogen and oxygen atoms in total. The molecule has 42 heavy (non-hydrogen) atoms. The van der Waals surface area contributed by atoms with Crippen molar-refractivity contribution in [3.05, 3.63) is 118 Å². The van der Waals surface area contributed by atoms with Crippen LogP contribution in [0, 0.1) is 11.8 Å². The lowest BCUT2D eigenvalue weighted by atomic mass is 9.75. The Bertz CT molecular complexity index is 1360. The van der Waals surface area contributed by atoms with E-state index in [4.69, 9.17) is 15.0 Å². The second-order valence-corrected chi connectivity index (χ2v) is 10.5. The molecule has 218 valence electrons. The third-order valence-corrected chi connectivity index (χ3v) is 7.34. The van der Waals surface area contributed by atoms with Gasteiger partial charge in [-0.3, -0.25) is 4.79 Å². The molecule has 2 atom stereocenters. The highest BCUT2D eigenvalue weighted by Gasteiger charge is 2.59. The summed E-state index contributed by atoms with van der Waals surface area (Å²) >= 11 is 0. The molecule has 1 saturated heterocycles. The Kier molecular flexibility index (Phi) is 10.2. The second kappa shape index (κ2) is 14.2. The maximum Gasteiger partial charge on any atom is 0.418 e. The summed E-state index contributed by atoms with van der Waals surface area (Å²) < 4.78 is 11.5. The van der Waals surface area contributed by atoms with Gasteiger partial charge in [0, 0.05) is 29.1 Å². The second-order valence-electron chi connectivity index (χ2n) is 10.5. The van der Waals surface area contributed by atoms with E-state index in [-0.39, 0.29) is 32.0 Å². The van der Waals surface area contributed by atoms with Gasteiger partial charge in [-0.2, -0.15) is 0 Å². The molecule has 3 aromatic carbocycles. The minimum absolute atomic E-state index is 0.0685. The Morgan fingerprint density at radius 3 is 2.12 bits per heavy atom. The van der Waals surface area contributed by atoms with Crippen LogP contribution in [0.15, 0.2) is 96.1 Å². The fourth-order valence-corrected chi connectivity index (χ4v) is 5.48. The van der Waals surface area contributed by atoms with E-state index in [1.54, 1.807) is 0 Å². The van der Waals surface area contributed by atoms with Crippen LogP contribution < -0.4 is 5.32 Å². The number of azide groups is 1. The molecule has 2 unspecified atom stereocenters. The number of hydrogen-bond donors (Lipinski definition) is 1. The highest BCUT2D eigenvalue weighted by molar-refractivity contribution is 5.96. The molecule has 1 aliphatic heterocycles. The summed E-state index contributed by atoms with van der Waals surface area (Å²) in [7, 11) is 0. The summed E-state index contributed by atoms with van der Waals surface area (Å²) in [4.78, 5) is 44.4. The summed E-state index contributed by atoms with van der Waals surface area (Å²) in [6, 6.07) is 27.4. The van der Waals surface area contributed by atoms with Gasteiger partial charge in [0.25, 0.3) is 0 Å². The quantitative estimate of drug-likeness (QED) is 0.114. The molecule has 3 amide bonds. The van der Waals surface area contributed by atoms with Crippen LogP contribution in [0.2, 0.25) is 0 Å². The highest BCUT2D eigenvalue weighted by atomic mass is 16.6. The van der Waals surface area contributed by atoms with Gasteiger partial charge in [-0.25, -0.2) is 14.5 Å². The molecule has 0 radical (unpaired) electrons. The lowest BCUT2D eigenvalue weighted by Gasteiger charge is -2.38. The van der Waals surface area contributed by atoms with Crippen LogP contribution in [-0.2, 0) is 26.5 Å². The zero-order valence-electron chi connectivity index (χ0n) is 23.8. The van der Waals surface area contributed by atoms with Crippen LogP contribution in [0.4, 0.5) is 9.59 Å². The number of nitrogens with zero attached hydrogens (tertiary/aromatic N) is 4. The van der Waals surface area contributed by atoms with Crippen molar-refractivity contribution in [2.45, 2.75) is 44.9 Å². The van der Waals surface area contributed by atoms with E-state index >= 15 is 0 Å². The van der Waals surface area contributed by atoms with Crippen LogP contribution >= 0.6 is 0 Å². The monoisotopic (exact) mass is 569 g/mol. The van der Waals surface area contributed by atoms with Crippen molar-refractivity contribution in [1.82, 2.24) is 10.2 Å². The molecule has 10 heteroatoms. The molecule has 1 aliphatic rings. The molecule has 0 bridgehead atoms. The lowest BCUT2D eigenvalue weighted by molar-refractivity contribution is -0.134. The van der Waals surface area contributed by atoms with Gasteiger partial charge in [0.15, 0.2) is 5.60 Å². The van der Waals surface area contributed by atoms with Crippen LogP contribution in [0.25, 0.3) is 10.4 Å². The van der Waals surface area contributed by atoms with E-state index in [0.717, 1.165) is 16.7 Å². The maximum absolute atomic E-state index is 14.2. The Morgan fingerprint density at radius 1 is 1.00 bits per heavy atom. The SMILES string of the molecule is CC(C)C1N(C(=O)C(CCCN=[N+]=[N-])CNC(=O)OCc2ccccc2)C(=O)OC1(c1ccccc1)c1ccccc1. The van der Waals surface area contributed by atoms with Crippen molar-refractivity contribution in [2.75, 3.05) is 13.1 Å². The molecule has 4 rings (SSSR count). The normalized spacial score (nSPS) is 16.3. The number of nitrogens with one attached hydrogen (secondary N) is 1. The minimum Gasteiger partial charge on any atom is -0.445 e. The van der Waals surface area contributed by atoms with Gasteiger partial charge in [-0.1, -0.05) is 110 Å². The summed E-state index contributed by atoms with van der Waals surface area (Å²) in [6.45, 7) is 4.08. The molecule has 0 saturated carbocycles. The predicted octanol–water partition coefficient (Wildman–Crippen LogP) is 6.57. The standard InChI is InChI=1S/C32H35N5O5/c1-23(2)28-32(26-16-8-4-9-17-26,27-18-10-5-11-19-27)42-31(40)37(28)29(38)25(15-12-20-35-36-33)21-34-30(39)41-22-24-13-6-3-7-14-24/h3-11,13-14,16-19,23,25,28H,12,15,20-22H2,1-2H3,(H,34,39). The maximum atomic E-state index is 14.2. The van der Waals surface area contributed by atoms with Gasteiger partial charge in [0.05, 0.1) is 12.0 Å². The van der Waals surface area contributed by atoms with Crippen molar-refractivity contribution >= 4 is 18.1 Å².